The summed E-state index contributed by atoms with van der Waals surface area (Å²) in [5.74, 6) is -0.739. The van der Waals surface area contributed by atoms with E-state index in [0.29, 0.717) is 5.56 Å². The Morgan fingerprint density at radius 3 is 2.33 bits per heavy atom. The third-order valence-electron chi connectivity index (χ3n) is 4.73. The lowest BCUT2D eigenvalue weighted by Gasteiger charge is -2.05. The van der Waals surface area contributed by atoms with E-state index in [-0.39, 0.29) is 12.5 Å². The van der Waals surface area contributed by atoms with Crippen LogP contribution in [0.15, 0.2) is 96.2 Å². The van der Waals surface area contributed by atoms with Gasteiger partial charge in [0.2, 0.25) is 0 Å². The number of rotatable bonds is 7. The molecular weight excluding hydrogens is 529 g/mol. The van der Waals surface area contributed by atoms with Gasteiger partial charge in [0.05, 0.1) is 24.0 Å². The zero-order valence-corrected chi connectivity index (χ0v) is 19.6. The van der Waals surface area contributed by atoms with Crippen LogP contribution >= 0.6 is 22.6 Å². The molecule has 0 atom stereocenters. The summed E-state index contributed by atoms with van der Waals surface area (Å²) < 4.78 is 2.59. The van der Waals surface area contributed by atoms with E-state index in [2.05, 4.69) is 38.4 Å². The van der Waals surface area contributed by atoms with Crippen molar-refractivity contribution in [3.8, 4) is 16.9 Å². The summed E-state index contributed by atoms with van der Waals surface area (Å²) in [5, 5.41) is 11.4. The molecule has 2 amide bonds. The molecule has 0 aliphatic rings. The van der Waals surface area contributed by atoms with Crippen LogP contribution in [0.1, 0.15) is 15.9 Å². The van der Waals surface area contributed by atoms with Gasteiger partial charge < -0.3 is 5.32 Å². The van der Waals surface area contributed by atoms with E-state index in [1.165, 1.54) is 0 Å². The van der Waals surface area contributed by atoms with E-state index in [1.54, 1.807) is 23.0 Å². The predicted octanol–water partition coefficient (Wildman–Crippen LogP) is 4.02. The molecule has 1 aromatic heterocycles. The molecule has 0 aliphatic carbocycles. The quantitative estimate of drug-likeness (QED) is 0.208. The number of para-hydroxylation sites is 1. The van der Waals surface area contributed by atoms with Crippen LogP contribution in [0.3, 0.4) is 0 Å². The number of benzene rings is 3. The summed E-state index contributed by atoms with van der Waals surface area (Å²) in [6.07, 6.45) is 3.40. The lowest BCUT2D eigenvalue weighted by atomic mass is 10.1. The van der Waals surface area contributed by atoms with Gasteiger partial charge in [-0.1, -0.05) is 60.7 Å². The highest BCUT2D eigenvalue weighted by molar-refractivity contribution is 14.1. The molecule has 0 bridgehead atoms. The average Bonchev–Trinajstić information content (AvgIpc) is 3.28. The molecule has 7 nitrogen and oxygen atoms in total. The van der Waals surface area contributed by atoms with Crippen LogP contribution in [-0.4, -0.2) is 34.4 Å². The number of hydrogen-bond acceptors (Lipinski definition) is 4. The first-order valence-electron chi connectivity index (χ1n) is 10.2. The molecule has 33 heavy (non-hydrogen) atoms. The van der Waals surface area contributed by atoms with Gasteiger partial charge in [-0.05, 0) is 46.9 Å². The summed E-state index contributed by atoms with van der Waals surface area (Å²) >= 11 is 2.08. The van der Waals surface area contributed by atoms with Crippen molar-refractivity contribution in [2.45, 2.75) is 0 Å². The molecular formula is C25H20IN5O2. The van der Waals surface area contributed by atoms with E-state index >= 15 is 0 Å². The van der Waals surface area contributed by atoms with Crippen molar-refractivity contribution in [1.82, 2.24) is 20.5 Å². The molecule has 0 spiro atoms. The maximum Gasteiger partial charge on any atom is 0.259 e. The van der Waals surface area contributed by atoms with Crippen molar-refractivity contribution in [2.24, 2.45) is 5.10 Å². The second kappa shape index (κ2) is 10.7. The van der Waals surface area contributed by atoms with Gasteiger partial charge in [-0.25, -0.2) is 10.1 Å². The lowest BCUT2D eigenvalue weighted by Crippen LogP contribution is -2.35. The largest absolute Gasteiger partial charge is 0.343 e. The maximum absolute atomic E-state index is 12.3. The van der Waals surface area contributed by atoms with Crippen LogP contribution in [-0.2, 0) is 4.79 Å². The molecule has 2 N–H and O–H groups in total. The highest BCUT2D eigenvalue weighted by Gasteiger charge is 2.12. The van der Waals surface area contributed by atoms with Gasteiger partial charge in [0, 0.05) is 20.9 Å². The van der Waals surface area contributed by atoms with Crippen molar-refractivity contribution in [3.63, 3.8) is 0 Å². The number of aromatic nitrogens is 2. The fraction of sp³-hybridized carbons (Fsp3) is 0.0400. The number of nitrogens with zero attached hydrogens (tertiary/aromatic N) is 3. The molecule has 4 rings (SSSR count). The van der Waals surface area contributed by atoms with Gasteiger partial charge in [-0.15, -0.1) is 0 Å². The number of carbonyl (C=O) groups excluding carboxylic acids is 2. The Labute approximate surface area is 204 Å². The SMILES string of the molecule is O=C(CNC(=O)c1ccccc1I)N/N=C/c1cn(-c2ccccc2)nc1-c1ccccc1. The van der Waals surface area contributed by atoms with Crippen LogP contribution in [0.2, 0.25) is 0 Å². The van der Waals surface area contributed by atoms with Crippen molar-refractivity contribution in [2.75, 3.05) is 6.54 Å². The van der Waals surface area contributed by atoms with Gasteiger partial charge in [-0.2, -0.15) is 10.2 Å². The predicted molar refractivity (Wildman–Crippen MR) is 136 cm³/mol. The van der Waals surface area contributed by atoms with E-state index < -0.39 is 5.91 Å². The van der Waals surface area contributed by atoms with Crippen LogP contribution < -0.4 is 10.7 Å². The zero-order valence-electron chi connectivity index (χ0n) is 17.5. The van der Waals surface area contributed by atoms with Gasteiger partial charge in [0.1, 0.15) is 5.69 Å². The number of amides is 2. The van der Waals surface area contributed by atoms with Crippen molar-refractivity contribution < 1.29 is 9.59 Å². The maximum atomic E-state index is 12.3. The molecule has 0 saturated heterocycles. The fourth-order valence-electron chi connectivity index (χ4n) is 3.13. The second-order valence-corrected chi connectivity index (χ2v) is 8.20. The first kappa shape index (κ1) is 22.4. The summed E-state index contributed by atoms with van der Waals surface area (Å²) in [7, 11) is 0. The Kier molecular flexibility index (Phi) is 7.26. The van der Waals surface area contributed by atoms with Gasteiger partial charge in [0.15, 0.2) is 0 Å². The summed E-state index contributed by atoms with van der Waals surface area (Å²) in [4.78, 5) is 24.4. The van der Waals surface area contributed by atoms with E-state index in [1.807, 2.05) is 79.0 Å². The molecule has 0 unspecified atom stereocenters. The first-order valence-corrected chi connectivity index (χ1v) is 11.2. The minimum atomic E-state index is -0.428. The number of carbonyl (C=O) groups is 2. The molecule has 164 valence electrons. The van der Waals surface area contributed by atoms with Gasteiger partial charge in [-0.3, -0.25) is 9.59 Å². The van der Waals surface area contributed by atoms with E-state index in [4.69, 9.17) is 5.10 Å². The molecule has 3 aromatic carbocycles. The Morgan fingerprint density at radius 1 is 0.939 bits per heavy atom. The highest BCUT2D eigenvalue weighted by atomic mass is 127. The second-order valence-electron chi connectivity index (χ2n) is 7.03. The molecule has 1 heterocycles. The van der Waals surface area contributed by atoms with Gasteiger partial charge in [0.25, 0.3) is 11.8 Å². The Balaban J connectivity index is 1.45. The lowest BCUT2D eigenvalue weighted by molar-refractivity contribution is -0.120. The van der Waals surface area contributed by atoms with Gasteiger partial charge >= 0.3 is 0 Å². The number of hydrogen-bond donors (Lipinski definition) is 2. The number of nitrogens with one attached hydrogen (secondary N) is 2. The zero-order chi connectivity index (χ0) is 23.0. The fourth-order valence-corrected chi connectivity index (χ4v) is 3.76. The molecule has 4 aromatic rings. The molecule has 0 fully saturated rings. The summed E-state index contributed by atoms with van der Waals surface area (Å²) in [6, 6.07) is 26.7. The number of hydrazone groups is 1. The van der Waals surface area contributed by atoms with Crippen molar-refractivity contribution in [1.29, 1.82) is 0 Å². The Bertz CT molecular complexity index is 1290. The molecule has 0 radical (unpaired) electrons. The van der Waals surface area contributed by atoms with Crippen LogP contribution in [0.4, 0.5) is 0 Å². The first-order chi connectivity index (χ1) is 16.1. The highest BCUT2D eigenvalue weighted by Crippen LogP contribution is 2.22. The third kappa shape index (κ3) is 5.72. The van der Waals surface area contributed by atoms with Crippen LogP contribution in [0, 0.1) is 3.57 Å². The Morgan fingerprint density at radius 2 is 1.61 bits per heavy atom. The Hall–Kier alpha value is -3.79. The number of halogens is 1. The van der Waals surface area contributed by atoms with E-state index in [0.717, 1.165) is 26.1 Å². The smallest absolute Gasteiger partial charge is 0.259 e. The third-order valence-corrected chi connectivity index (χ3v) is 5.67. The van der Waals surface area contributed by atoms with Crippen LogP contribution in [0.5, 0.6) is 0 Å². The molecule has 0 aliphatic heterocycles. The molecule has 0 saturated carbocycles. The van der Waals surface area contributed by atoms with E-state index in [9.17, 15) is 9.59 Å². The minimum Gasteiger partial charge on any atom is -0.343 e. The summed E-state index contributed by atoms with van der Waals surface area (Å²) in [6.45, 7) is -0.185. The average molecular weight is 549 g/mol. The normalized spacial score (nSPS) is 10.8. The van der Waals surface area contributed by atoms with Crippen molar-refractivity contribution >= 4 is 40.6 Å². The standard InChI is InChI=1S/C25H20IN5O2/c26-22-14-8-7-13-21(22)25(33)27-16-23(32)29-28-15-19-17-31(20-11-5-2-6-12-20)30-24(19)18-9-3-1-4-10-18/h1-15,17H,16H2,(H,27,33)(H,29,32)/b28-15+. The van der Waals surface area contributed by atoms with Crippen LogP contribution in [0.25, 0.3) is 16.9 Å². The monoisotopic (exact) mass is 549 g/mol. The van der Waals surface area contributed by atoms with Crippen molar-refractivity contribution in [3.05, 3.63) is 106 Å². The molecule has 8 heteroatoms. The topological polar surface area (TPSA) is 88.4 Å². The summed E-state index contributed by atoms with van der Waals surface area (Å²) in [5.41, 5.74) is 6.31. The minimum absolute atomic E-state index is 0.185.